The highest BCUT2D eigenvalue weighted by Crippen LogP contribution is 2.25. The van der Waals surface area contributed by atoms with Crippen LogP contribution in [0.25, 0.3) is 0 Å². The second-order valence-electron chi connectivity index (χ2n) is 3.49. The molecule has 0 aliphatic rings. The largest absolute Gasteiger partial charge is 0.330 e. The van der Waals surface area contributed by atoms with Crippen LogP contribution < -0.4 is 10.5 Å². The summed E-state index contributed by atoms with van der Waals surface area (Å²) in [7, 11) is -3.56. The van der Waals surface area contributed by atoms with E-state index in [9.17, 15) is 8.42 Å². The molecule has 0 saturated heterocycles. The molecule has 18 heavy (non-hydrogen) atoms. The molecule has 0 radical (unpaired) electrons. The molecular formula is C9H12N4O2S3. The summed E-state index contributed by atoms with van der Waals surface area (Å²) < 4.78 is 26.7. The van der Waals surface area contributed by atoms with E-state index in [0.29, 0.717) is 18.0 Å². The average molecular weight is 304 g/mol. The van der Waals surface area contributed by atoms with Gasteiger partial charge in [0.1, 0.15) is 9.22 Å². The predicted octanol–water partition coefficient (Wildman–Crippen LogP) is 1.21. The van der Waals surface area contributed by atoms with Gasteiger partial charge in [-0.1, -0.05) is 11.3 Å². The third-order valence-corrected chi connectivity index (χ3v) is 5.90. The van der Waals surface area contributed by atoms with Gasteiger partial charge in [0.2, 0.25) is 5.13 Å². The molecule has 0 aliphatic heterocycles. The fraction of sp³-hybridized carbons (Fsp3) is 0.333. The molecular weight excluding hydrogens is 292 g/mol. The molecule has 2 rings (SSSR count). The van der Waals surface area contributed by atoms with Crippen molar-refractivity contribution in [3.8, 4) is 0 Å². The molecule has 6 nitrogen and oxygen atoms in total. The number of rotatable bonds is 5. The summed E-state index contributed by atoms with van der Waals surface area (Å²) in [6.45, 7) is 2.27. The number of hydrogen-bond acceptors (Lipinski definition) is 7. The van der Waals surface area contributed by atoms with E-state index in [4.69, 9.17) is 5.73 Å². The molecule has 0 aliphatic carbocycles. The monoisotopic (exact) mass is 304 g/mol. The highest BCUT2D eigenvalue weighted by Gasteiger charge is 2.18. The van der Waals surface area contributed by atoms with E-state index in [1.165, 1.54) is 22.7 Å². The van der Waals surface area contributed by atoms with E-state index in [0.717, 1.165) is 4.88 Å². The lowest BCUT2D eigenvalue weighted by molar-refractivity contribution is 0.603. The summed E-state index contributed by atoms with van der Waals surface area (Å²) in [6, 6.07) is 3.35. The summed E-state index contributed by atoms with van der Waals surface area (Å²) in [6.07, 6.45) is 0.679. The van der Waals surface area contributed by atoms with Crippen LogP contribution in [0.1, 0.15) is 9.88 Å². The van der Waals surface area contributed by atoms with Gasteiger partial charge in [-0.05, 0) is 32.0 Å². The highest BCUT2D eigenvalue weighted by molar-refractivity contribution is 7.94. The first-order valence-electron chi connectivity index (χ1n) is 5.13. The van der Waals surface area contributed by atoms with Gasteiger partial charge in [-0.3, -0.25) is 4.72 Å². The molecule has 3 N–H and O–H groups in total. The zero-order valence-electron chi connectivity index (χ0n) is 9.58. The number of sulfonamides is 1. The number of hydrogen-bond donors (Lipinski definition) is 2. The number of nitrogens with zero attached hydrogens (tertiary/aromatic N) is 2. The fourth-order valence-corrected chi connectivity index (χ4v) is 4.48. The molecule has 0 amide bonds. The predicted molar refractivity (Wildman–Crippen MR) is 72.5 cm³/mol. The van der Waals surface area contributed by atoms with Crippen molar-refractivity contribution in [1.29, 1.82) is 0 Å². The minimum Gasteiger partial charge on any atom is -0.330 e. The minimum absolute atomic E-state index is 0.263. The van der Waals surface area contributed by atoms with Crippen molar-refractivity contribution in [2.45, 2.75) is 17.6 Å². The molecule has 2 heterocycles. The van der Waals surface area contributed by atoms with Gasteiger partial charge in [-0.25, -0.2) is 8.42 Å². The van der Waals surface area contributed by atoms with Crippen LogP contribution in [0.3, 0.4) is 0 Å². The summed E-state index contributed by atoms with van der Waals surface area (Å²) in [5, 5.41) is 8.48. The van der Waals surface area contributed by atoms with Crippen LogP contribution in [-0.4, -0.2) is 25.2 Å². The third-order valence-electron chi connectivity index (χ3n) is 2.04. The zero-order chi connectivity index (χ0) is 13.2. The van der Waals surface area contributed by atoms with E-state index < -0.39 is 10.0 Å². The van der Waals surface area contributed by atoms with Crippen molar-refractivity contribution in [3.05, 3.63) is 22.0 Å². The van der Waals surface area contributed by atoms with Crippen LogP contribution >= 0.6 is 22.7 Å². The Morgan fingerprint density at radius 1 is 1.33 bits per heavy atom. The van der Waals surface area contributed by atoms with Crippen molar-refractivity contribution in [2.75, 3.05) is 11.3 Å². The Bertz CT molecular complexity index is 632. The Morgan fingerprint density at radius 3 is 2.72 bits per heavy atom. The van der Waals surface area contributed by atoms with Gasteiger partial charge in [0.15, 0.2) is 0 Å². The third kappa shape index (κ3) is 3.05. The van der Waals surface area contributed by atoms with Crippen LogP contribution in [0, 0.1) is 6.92 Å². The quantitative estimate of drug-likeness (QED) is 0.865. The highest BCUT2D eigenvalue weighted by atomic mass is 32.2. The first-order chi connectivity index (χ1) is 8.51. The minimum atomic E-state index is -3.56. The molecule has 98 valence electrons. The molecule has 0 saturated carbocycles. The van der Waals surface area contributed by atoms with Gasteiger partial charge in [0.25, 0.3) is 10.0 Å². The molecule has 0 atom stereocenters. The Balaban J connectivity index is 2.19. The normalized spacial score (nSPS) is 11.7. The van der Waals surface area contributed by atoms with Crippen molar-refractivity contribution >= 4 is 37.8 Å². The standard InChI is InChI=1S/C9H12N4O2S3/c1-6-11-12-9(16-6)13-18(14,15)8-3-2-7(17-8)4-5-10/h2-3H,4-5,10H2,1H3,(H,12,13). The van der Waals surface area contributed by atoms with Crippen molar-refractivity contribution < 1.29 is 8.42 Å². The molecule has 2 aromatic heterocycles. The lowest BCUT2D eigenvalue weighted by Gasteiger charge is -2.00. The summed E-state index contributed by atoms with van der Waals surface area (Å²) in [4.78, 5) is 0.950. The number of nitrogens with two attached hydrogens (primary N) is 1. The molecule has 0 fully saturated rings. The first-order valence-corrected chi connectivity index (χ1v) is 8.24. The van der Waals surface area contributed by atoms with Gasteiger partial charge in [0.05, 0.1) is 0 Å². The maximum absolute atomic E-state index is 12.0. The number of aryl methyl sites for hydroxylation is 1. The van der Waals surface area contributed by atoms with E-state index in [1.807, 2.05) is 0 Å². The molecule has 0 aromatic carbocycles. The van der Waals surface area contributed by atoms with Gasteiger partial charge >= 0.3 is 0 Å². The smallest absolute Gasteiger partial charge is 0.273 e. The topological polar surface area (TPSA) is 98.0 Å². The Labute approximate surface area is 113 Å². The first kappa shape index (κ1) is 13.4. The number of aromatic nitrogens is 2. The summed E-state index contributed by atoms with van der Waals surface area (Å²) in [5.41, 5.74) is 5.43. The molecule has 0 spiro atoms. The van der Waals surface area contributed by atoms with E-state index in [1.54, 1.807) is 19.1 Å². The van der Waals surface area contributed by atoms with E-state index in [2.05, 4.69) is 14.9 Å². The number of nitrogens with one attached hydrogen (secondary N) is 1. The van der Waals surface area contributed by atoms with Gasteiger partial charge in [-0.15, -0.1) is 21.5 Å². The number of thiophene rings is 1. The fourth-order valence-electron chi connectivity index (χ4n) is 1.28. The Kier molecular flexibility index (Phi) is 3.95. The average Bonchev–Trinajstić information content (AvgIpc) is 2.88. The van der Waals surface area contributed by atoms with Crippen LogP contribution in [0.2, 0.25) is 0 Å². The second kappa shape index (κ2) is 5.31. The Hall–Kier alpha value is -1.03. The number of anilines is 1. The van der Waals surface area contributed by atoms with Gasteiger partial charge in [-0.2, -0.15) is 0 Å². The maximum Gasteiger partial charge on any atom is 0.273 e. The lowest BCUT2D eigenvalue weighted by Crippen LogP contribution is -2.11. The summed E-state index contributed by atoms with van der Waals surface area (Å²) >= 11 is 2.41. The van der Waals surface area contributed by atoms with Crippen LogP contribution in [0.4, 0.5) is 5.13 Å². The summed E-state index contributed by atoms with van der Waals surface area (Å²) in [5.74, 6) is 0. The second-order valence-corrected chi connectivity index (χ2v) is 7.75. The molecule has 2 aromatic rings. The van der Waals surface area contributed by atoms with Crippen LogP contribution in [0.5, 0.6) is 0 Å². The molecule has 0 bridgehead atoms. The van der Waals surface area contributed by atoms with Gasteiger partial charge < -0.3 is 5.73 Å². The van der Waals surface area contributed by atoms with Crippen LogP contribution in [-0.2, 0) is 16.4 Å². The zero-order valence-corrected chi connectivity index (χ0v) is 12.0. The van der Waals surface area contributed by atoms with Crippen LogP contribution in [0.15, 0.2) is 16.3 Å². The Morgan fingerprint density at radius 2 is 2.11 bits per heavy atom. The SMILES string of the molecule is Cc1nnc(NS(=O)(=O)c2ccc(CCN)s2)s1. The van der Waals surface area contributed by atoms with Crippen molar-refractivity contribution in [2.24, 2.45) is 5.73 Å². The van der Waals surface area contributed by atoms with E-state index >= 15 is 0 Å². The van der Waals surface area contributed by atoms with Crippen molar-refractivity contribution in [3.63, 3.8) is 0 Å². The van der Waals surface area contributed by atoms with Crippen molar-refractivity contribution in [1.82, 2.24) is 10.2 Å². The molecule has 0 unspecified atom stereocenters. The lowest BCUT2D eigenvalue weighted by atomic mass is 10.3. The molecule has 9 heteroatoms. The van der Waals surface area contributed by atoms with Gasteiger partial charge in [0, 0.05) is 4.88 Å². The maximum atomic E-state index is 12.0. The van der Waals surface area contributed by atoms with E-state index in [-0.39, 0.29) is 9.34 Å².